The Morgan fingerprint density at radius 1 is 1.15 bits per heavy atom. The van der Waals surface area contributed by atoms with Gasteiger partial charge in [0.05, 0.1) is 12.1 Å². The Morgan fingerprint density at radius 3 is 2.50 bits per heavy atom. The van der Waals surface area contributed by atoms with Gasteiger partial charge in [0.2, 0.25) is 0 Å². The second kappa shape index (κ2) is 6.73. The number of benzene rings is 2. The normalized spacial score (nSPS) is 12.2. The summed E-state index contributed by atoms with van der Waals surface area (Å²) in [5.74, 6) is 0.407. The van der Waals surface area contributed by atoms with Crippen LogP contribution in [0, 0.1) is 5.82 Å². The van der Waals surface area contributed by atoms with E-state index in [-0.39, 0.29) is 11.1 Å². The molecule has 1 atom stereocenters. The Bertz CT molecular complexity index is 588. The summed E-state index contributed by atoms with van der Waals surface area (Å²) in [5.41, 5.74) is 8.07. The van der Waals surface area contributed by atoms with E-state index in [9.17, 15) is 4.39 Å². The molecule has 2 aromatic carbocycles. The zero-order valence-corrected chi connectivity index (χ0v) is 12.0. The van der Waals surface area contributed by atoms with Crippen LogP contribution in [0.2, 0.25) is 5.02 Å². The predicted molar refractivity (Wildman–Crippen MR) is 79.8 cm³/mol. The van der Waals surface area contributed by atoms with Crippen LogP contribution in [0.4, 0.5) is 4.39 Å². The van der Waals surface area contributed by atoms with Gasteiger partial charge in [-0.2, -0.15) is 0 Å². The van der Waals surface area contributed by atoms with Crippen molar-refractivity contribution in [1.29, 1.82) is 0 Å². The number of ether oxygens (including phenoxy) is 1. The van der Waals surface area contributed by atoms with Crippen LogP contribution in [0.5, 0.6) is 5.75 Å². The summed E-state index contributed by atoms with van der Waals surface area (Å²) in [6, 6.07) is 12.5. The lowest BCUT2D eigenvalue weighted by Crippen LogP contribution is -2.25. The van der Waals surface area contributed by atoms with Gasteiger partial charge in [-0.1, -0.05) is 29.8 Å². The molecule has 0 aliphatic heterocycles. The van der Waals surface area contributed by atoms with Crippen LogP contribution in [-0.2, 0) is 12.8 Å². The maximum Gasteiger partial charge on any atom is 0.142 e. The van der Waals surface area contributed by atoms with Gasteiger partial charge in [-0.15, -0.1) is 0 Å². The molecule has 0 heterocycles. The highest BCUT2D eigenvalue weighted by Gasteiger charge is 2.08. The van der Waals surface area contributed by atoms with Crippen molar-refractivity contribution >= 4 is 11.6 Å². The molecular weight excluding hydrogens is 277 g/mol. The lowest BCUT2D eigenvalue weighted by Gasteiger charge is -2.13. The number of rotatable bonds is 5. The van der Waals surface area contributed by atoms with Crippen molar-refractivity contribution in [3.05, 3.63) is 64.4 Å². The summed E-state index contributed by atoms with van der Waals surface area (Å²) in [4.78, 5) is 0. The molecule has 0 bridgehead atoms. The van der Waals surface area contributed by atoms with Crippen LogP contribution < -0.4 is 10.5 Å². The van der Waals surface area contributed by atoms with Crippen molar-refractivity contribution in [2.75, 3.05) is 7.11 Å². The smallest absolute Gasteiger partial charge is 0.142 e. The summed E-state index contributed by atoms with van der Waals surface area (Å²) in [6.07, 6.45) is 1.31. The van der Waals surface area contributed by atoms with Crippen LogP contribution >= 0.6 is 11.6 Å². The fourth-order valence-corrected chi connectivity index (χ4v) is 2.26. The van der Waals surface area contributed by atoms with Crippen LogP contribution in [0.1, 0.15) is 11.1 Å². The van der Waals surface area contributed by atoms with Gasteiger partial charge in [0.15, 0.2) is 0 Å². The van der Waals surface area contributed by atoms with E-state index in [1.54, 1.807) is 19.2 Å². The first-order chi connectivity index (χ1) is 9.58. The van der Waals surface area contributed by atoms with E-state index in [1.165, 1.54) is 6.07 Å². The van der Waals surface area contributed by atoms with Crippen LogP contribution in [0.3, 0.4) is 0 Å². The maximum absolute atomic E-state index is 13.4. The third-order valence-electron chi connectivity index (χ3n) is 3.11. The van der Waals surface area contributed by atoms with Gasteiger partial charge in [-0.25, -0.2) is 4.39 Å². The summed E-state index contributed by atoms with van der Waals surface area (Å²) >= 11 is 5.66. The number of nitrogens with two attached hydrogens (primary N) is 1. The van der Waals surface area contributed by atoms with Crippen molar-refractivity contribution in [3.8, 4) is 5.75 Å². The van der Waals surface area contributed by atoms with Crippen molar-refractivity contribution < 1.29 is 9.13 Å². The SMILES string of the molecule is COc1cccc(CC(N)Cc2ccc(Cl)c(F)c2)c1. The summed E-state index contributed by atoms with van der Waals surface area (Å²) < 4.78 is 18.5. The molecule has 0 aromatic heterocycles. The monoisotopic (exact) mass is 293 g/mol. The second-order valence-electron chi connectivity index (χ2n) is 4.77. The van der Waals surface area contributed by atoms with E-state index in [0.717, 1.165) is 16.9 Å². The molecule has 0 aliphatic carbocycles. The highest BCUT2D eigenvalue weighted by Crippen LogP contribution is 2.18. The molecule has 2 aromatic rings. The van der Waals surface area contributed by atoms with Crippen molar-refractivity contribution in [3.63, 3.8) is 0 Å². The van der Waals surface area contributed by atoms with Gasteiger partial charge in [0.25, 0.3) is 0 Å². The quantitative estimate of drug-likeness (QED) is 0.914. The van der Waals surface area contributed by atoms with Gasteiger partial charge < -0.3 is 10.5 Å². The molecule has 20 heavy (non-hydrogen) atoms. The van der Waals surface area contributed by atoms with Gasteiger partial charge in [0.1, 0.15) is 11.6 Å². The Morgan fingerprint density at radius 2 is 1.85 bits per heavy atom. The molecule has 2 N–H and O–H groups in total. The van der Waals surface area contributed by atoms with Crippen molar-refractivity contribution in [2.24, 2.45) is 5.73 Å². The average Bonchev–Trinajstić information content (AvgIpc) is 2.43. The van der Waals surface area contributed by atoms with Crippen molar-refractivity contribution in [2.45, 2.75) is 18.9 Å². The minimum absolute atomic E-state index is 0.0809. The van der Waals surface area contributed by atoms with E-state index >= 15 is 0 Å². The number of methoxy groups -OCH3 is 1. The molecule has 0 saturated heterocycles. The summed E-state index contributed by atoms with van der Waals surface area (Å²) in [6.45, 7) is 0. The molecule has 0 spiro atoms. The molecule has 2 rings (SSSR count). The van der Waals surface area contributed by atoms with Crippen LogP contribution in [0.25, 0.3) is 0 Å². The zero-order valence-electron chi connectivity index (χ0n) is 11.3. The predicted octanol–water partition coefficient (Wildman–Crippen LogP) is 3.60. The zero-order chi connectivity index (χ0) is 14.5. The summed E-state index contributed by atoms with van der Waals surface area (Å²) in [7, 11) is 1.63. The Hall–Kier alpha value is -1.58. The molecule has 1 unspecified atom stereocenters. The minimum Gasteiger partial charge on any atom is -0.497 e. The highest BCUT2D eigenvalue weighted by atomic mass is 35.5. The first-order valence-electron chi connectivity index (χ1n) is 6.41. The van der Waals surface area contributed by atoms with Gasteiger partial charge in [0, 0.05) is 6.04 Å². The molecule has 0 aliphatic rings. The fraction of sp³-hybridized carbons (Fsp3) is 0.250. The third-order valence-corrected chi connectivity index (χ3v) is 3.42. The topological polar surface area (TPSA) is 35.2 Å². The Balaban J connectivity index is 2.00. The second-order valence-corrected chi connectivity index (χ2v) is 5.18. The Labute approximate surface area is 123 Å². The lowest BCUT2D eigenvalue weighted by atomic mass is 9.99. The van der Waals surface area contributed by atoms with E-state index in [1.807, 2.05) is 24.3 Å². The molecule has 2 nitrogen and oxygen atoms in total. The number of hydrogen-bond acceptors (Lipinski definition) is 2. The van der Waals surface area contributed by atoms with E-state index in [4.69, 9.17) is 22.1 Å². The van der Waals surface area contributed by atoms with Gasteiger partial charge in [-0.3, -0.25) is 0 Å². The minimum atomic E-state index is -0.405. The van der Waals surface area contributed by atoms with Gasteiger partial charge >= 0.3 is 0 Å². The fourth-order valence-electron chi connectivity index (χ4n) is 2.14. The number of hydrogen-bond donors (Lipinski definition) is 1. The first-order valence-corrected chi connectivity index (χ1v) is 6.78. The lowest BCUT2D eigenvalue weighted by molar-refractivity contribution is 0.414. The van der Waals surface area contributed by atoms with Crippen LogP contribution in [0.15, 0.2) is 42.5 Å². The number of halogens is 2. The van der Waals surface area contributed by atoms with Crippen molar-refractivity contribution in [1.82, 2.24) is 0 Å². The first kappa shape index (κ1) is 14.8. The highest BCUT2D eigenvalue weighted by molar-refractivity contribution is 6.30. The molecule has 0 fully saturated rings. The standard InChI is InChI=1S/C16H17ClFNO/c1-20-14-4-2-3-11(9-14)7-13(19)8-12-5-6-15(17)16(18)10-12/h2-6,9-10,13H,7-8,19H2,1H3. The maximum atomic E-state index is 13.4. The largest absolute Gasteiger partial charge is 0.497 e. The van der Waals surface area contributed by atoms with Gasteiger partial charge in [-0.05, 0) is 48.2 Å². The van der Waals surface area contributed by atoms with E-state index in [2.05, 4.69) is 0 Å². The van der Waals surface area contributed by atoms with Crippen LogP contribution in [-0.4, -0.2) is 13.2 Å². The molecular formula is C16H17ClFNO. The average molecular weight is 294 g/mol. The van der Waals surface area contributed by atoms with E-state index in [0.29, 0.717) is 12.8 Å². The molecule has 0 saturated carbocycles. The molecule has 0 amide bonds. The Kier molecular flexibility index (Phi) is 4.99. The summed E-state index contributed by atoms with van der Waals surface area (Å²) in [5, 5.41) is 0.134. The molecule has 0 radical (unpaired) electrons. The molecule has 4 heteroatoms. The molecule has 106 valence electrons. The van der Waals surface area contributed by atoms with E-state index < -0.39 is 5.82 Å². The third kappa shape index (κ3) is 3.95.